The monoisotopic (exact) mass is 464 g/mol. The fourth-order valence-corrected chi connectivity index (χ4v) is 3.69. The normalized spacial score (nSPS) is 17.0. The molecule has 2 aromatic carbocycles. The molecule has 1 saturated heterocycles. The van der Waals surface area contributed by atoms with E-state index in [4.69, 9.17) is 4.52 Å². The number of hydrogen-bond donors (Lipinski definition) is 1. The maximum absolute atomic E-state index is 13.4. The third-order valence-corrected chi connectivity index (χ3v) is 5.12. The number of rotatable bonds is 6. The fraction of sp³-hybridized carbons (Fsp3) is 0.318. The van der Waals surface area contributed by atoms with Crippen LogP contribution in [-0.2, 0) is 4.79 Å². The van der Waals surface area contributed by atoms with Crippen LogP contribution in [0.1, 0.15) is 24.7 Å². The predicted molar refractivity (Wildman–Crippen MR) is 110 cm³/mol. The molecule has 1 aliphatic rings. The second kappa shape index (κ2) is 9.57. The van der Waals surface area contributed by atoms with Crippen molar-refractivity contribution in [3.05, 3.63) is 60.2 Å². The van der Waals surface area contributed by atoms with Crippen molar-refractivity contribution >= 4 is 11.6 Å². The molecule has 0 spiro atoms. The lowest BCUT2D eigenvalue weighted by Gasteiger charge is -2.30. The van der Waals surface area contributed by atoms with Crippen LogP contribution in [0.2, 0.25) is 0 Å². The van der Waals surface area contributed by atoms with E-state index >= 15 is 0 Å². The first-order valence-corrected chi connectivity index (χ1v) is 10.2. The Morgan fingerprint density at radius 2 is 2.00 bits per heavy atom. The van der Waals surface area contributed by atoms with Gasteiger partial charge in [0, 0.05) is 17.8 Å². The Bertz CT molecular complexity index is 1100. The first kappa shape index (κ1) is 22.7. The van der Waals surface area contributed by atoms with E-state index in [-0.39, 0.29) is 24.1 Å². The number of amides is 1. The number of nitrogens with one attached hydrogen (secondary N) is 1. The van der Waals surface area contributed by atoms with Crippen molar-refractivity contribution in [3.8, 4) is 17.1 Å². The number of carbonyl (C=O) groups is 1. The number of benzene rings is 2. The van der Waals surface area contributed by atoms with Gasteiger partial charge in [0.25, 0.3) is 0 Å². The van der Waals surface area contributed by atoms with Crippen LogP contribution in [0.4, 0.5) is 23.2 Å². The minimum atomic E-state index is -4.77. The summed E-state index contributed by atoms with van der Waals surface area (Å²) < 4.78 is 59.4. The molecule has 11 heteroatoms. The van der Waals surface area contributed by atoms with Gasteiger partial charge in [-0.3, -0.25) is 9.69 Å². The highest BCUT2D eigenvalue weighted by Gasteiger charge is 2.31. The number of likely N-dealkylation sites (tertiary alicyclic amines) is 1. The summed E-state index contributed by atoms with van der Waals surface area (Å²) in [6.07, 6.45) is -3.14. The highest BCUT2D eigenvalue weighted by atomic mass is 19.4. The van der Waals surface area contributed by atoms with Gasteiger partial charge in [-0.25, -0.2) is 4.39 Å². The Labute approximate surface area is 186 Å². The van der Waals surface area contributed by atoms with Crippen LogP contribution in [-0.4, -0.2) is 46.9 Å². The summed E-state index contributed by atoms with van der Waals surface area (Å²) in [5.41, 5.74) is 0.878. The molecule has 1 aromatic heterocycles. The second-order valence-corrected chi connectivity index (χ2v) is 7.66. The van der Waals surface area contributed by atoms with Gasteiger partial charge >= 0.3 is 6.36 Å². The number of nitrogens with zero attached hydrogens (tertiary/aromatic N) is 3. The number of anilines is 1. The average molecular weight is 464 g/mol. The van der Waals surface area contributed by atoms with Crippen LogP contribution in [0, 0.1) is 5.82 Å². The number of ether oxygens (including phenoxy) is 1. The summed E-state index contributed by atoms with van der Waals surface area (Å²) in [5, 5.41) is 6.60. The predicted octanol–water partition coefficient (Wildman–Crippen LogP) is 4.59. The van der Waals surface area contributed by atoms with Crippen molar-refractivity contribution in [3.63, 3.8) is 0 Å². The van der Waals surface area contributed by atoms with Crippen molar-refractivity contribution in [1.29, 1.82) is 0 Å². The highest BCUT2D eigenvalue weighted by molar-refractivity contribution is 5.92. The first-order chi connectivity index (χ1) is 15.7. The van der Waals surface area contributed by atoms with E-state index < -0.39 is 12.2 Å². The molecule has 1 N–H and O–H groups in total. The van der Waals surface area contributed by atoms with E-state index in [1.54, 1.807) is 12.1 Å². The van der Waals surface area contributed by atoms with Gasteiger partial charge in [-0.15, -0.1) is 13.2 Å². The first-order valence-electron chi connectivity index (χ1n) is 10.2. The van der Waals surface area contributed by atoms with E-state index in [1.165, 1.54) is 24.3 Å². The standard InChI is InChI=1S/C22H20F4N4O3/c23-16-5-1-3-14(11-16)20-28-21(33-29-20)15-4-2-10-30(12-15)13-19(31)27-17-6-8-18(9-7-17)32-22(24,25)26/h1,3,5-9,11,15H,2,4,10,12-13H2,(H,27,31). The van der Waals surface area contributed by atoms with E-state index in [2.05, 4.69) is 20.2 Å². The van der Waals surface area contributed by atoms with Gasteiger partial charge in [0.1, 0.15) is 11.6 Å². The molecular weight excluding hydrogens is 444 g/mol. The second-order valence-electron chi connectivity index (χ2n) is 7.66. The molecule has 1 aliphatic heterocycles. The van der Waals surface area contributed by atoms with Crippen LogP contribution in [0.5, 0.6) is 5.75 Å². The van der Waals surface area contributed by atoms with Gasteiger partial charge in [0.2, 0.25) is 17.6 Å². The molecule has 7 nitrogen and oxygen atoms in total. The van der Waals surface area contributed by atoms with Gasteiger partial charge in [0.05, 0.1) is 12.5 Å². The molecule has 2 heterocycles. The summed E-state index contributed by atoms with van der Waals surface area (Å²) >= 11 is 0. The molecule has 3 aromatic rings. The van der Waals surface area contributed by atoms with E-state index in [9.17, 15) is 22.4 Å². The SMILES string of the molecule is O=C(CN1CCCC(c2nc(-c3cccc(F)c3)no2)C1)Nc1ccc(OC(F)(F)F)cc1. The van der Waals surface area contributed by atoms with Crippen molar-refractivity contribution in [2.45, 2.75) is 25.1 Å². The summed E-state index contributed by atoms with van der Waals surface area (Å²) in [4.78, 5) is 18.7. The van der Waals surface area contributed by atoms with Gasteiger partial charge in [-0.2, -0.15) is 4.98 Å². The summed E-state index contributed by atoms with van der Waals surface area (Å²) in [5.74, 6) is -0.393. The molecule has 1 amide bonds. The zero-order chi connectivity index (χ0) is 23.4. The van der Waals surface area contributed by atoms with E-state index in [0.717, 1.165) is 25.0 Å². The largest absolute Gasteiger partial charge is 0.573 e. The minimum absolute atomic E-state index is 0.0693. The lowest BCUT2D eigenvalue weighted by Crippen LogP contribution is -2.39. The van der Waals surface area contributed by atoms with Gasteiger partial charge in [-0.05, 0) is 55.8 Å². The van der Waals surface area contributed by atoms with Crippen LogP contribution in [0.3, 0.4) is 0 Å². The van der Waals surface area contributed by atoms with Crippen molar-refractivity contribution in [2.24, 2.45) is 0 Å². The maximum Gasteiger partial charge on any atom is 0.573 e. The van der Waals surface area contributed by atoms with Gasteiger partial charge in [-0.1, -0.05) is 17.3 Å². The molecule has 1 unspecified atom stereocenters. The summed E-state index contributed by atoms with van der Waals surface area (Å²) in [6, 6.07) is 10.9. The van der Waals surface area contributed by atoms with Gasteiger partial charge < -0.3 is 14.6 Å². The minimum Gasteiger partial charge on any atom is -0.406 e. The lowest BCUT2D eigenvalue weighted by atomic mass is 9.98. The quantitative estimate of drug-likeness (QED) is 0.538. The number of carbonyl (C=O) groups excluding carboxylic acids is 1. The smallest absolute Gasteiger partial charge is 0.406 e. The Morgan fingerprint density at radius 1 is 1.21 bits per heavy atom. The Morgan fingerprint density at radius 3 is 2.73 bits per heavy atom. The molecule has 33 heavy (non-hydrogen) atoms. The number of halogens is 4. The maximum atomic E-state index is 13.4. The summed E-state index contributed by atoms with van der Waals surface area (Å²) in [7, 11) is 0. The number of alkyl halides is 3. The molecule has 1 atom stereocenters. The highest BCUT2D eigenvalue weighted by Crippen LogP contribution is 2.28. The molecule has 0 saturated carbocycles. The summed E-state index contributed by atoms with van der Waals surface area (Å²) in [6.45, 7) is 1.33. The van der Waals surface area contributed by atoms with Crippen LogP contribution in [0.15, 0.2) is 53.1 Å². The molecule has 1 fully saturated rings. The molecule has 174 valence electrons. The van der Waals surface area contributed by atoms with Crippen LogP contribution >= 0.6 is 0 Å². The average Bonchev–Trinajstić information content (AvgIpc) is 3.25. The topological polar surface area (TPSA) is 80.5 Å². The van der Waals surface area contributed by atoms with Crippen LogP contribution < -0.4 is 10.1 Å². The van der Waals surface area contributed by atoms with Crippen molar-refractivity contribution < 1.29 is 31.6 Å². The lowest BCUT2D eigenvalue weighted by molar-refractivity contribution is -0.274. The zero-order valence-corrected chi connectivity index (χ0v) is 17.3. The van der Waals surface area contributed by atoms with Crippen molar-refractivity contribution in [1.82, 2.24) is 15.0 Å². The molecule has 0 radical (unpaired) electrons. The van der Waals surface area contributed by atoms with Crippen molar-refractivity contribution in [2.75, 3.05) is 25.0 Å². The molecule has 0 bridgehead atoms. The number of aromatic nitrogens is 2. The van der Waals surface area contributed by atoms with E-state index in [0.29, 0.717) is 36.1 Å². The number of piperidine rings is 1. The molecule has 4 rings (SSSR count). The number of hydrogen-bond acceptors (Lipinski definition) is 6. The zero-order valence-electron chi connectivity index (χ0n) is 17.3. The Balaban J connectivity index is 1.32. The third-order valence-electron chi connectivity index (χ3n) is 5.12. The molecule has 0 aliphatic carbocycles. The Hall–Kier alpha value is -3.47. The fourth-order valence-electron chi connectivity index (χ4n) is 3.69. The van der Waals surface area contributed by atoms with E-state index in [1.807, 2.05) is 4.90 Å². The van der Waals surface area contributed by atoms with Gasteiger partial charge in [0.15, 0.2) is 0 Å². The third kappa shape index (κ3) is 6.28. The Kier molecular flexibility index (Phi) is 6.59. The molecular formula is C22H20F4N4O3. The van der Waals surface area contributed by atoms with Crippen LogP contribution in [0.25, 0.3) is 11.4 Å².